The van der Waals surface area contributed by atoms with Crippen LogP contribution in [0, 0.1) is 92.7 Å². The van der Waals surface area contributed by atoms with Crippen molar-refractivity contribution in [3.63, 3.8) is 0 Å². The van der Waals surface area contributed by atoms with Gasteiger partial charge in [-0.2, -0.15) is 0 Å². The summed E-state index contributed by atoms with van der Waals surface area (Å²) < 4.78 is 70.5. The van der Waals surface area contributed by atoms with E-state index in [2.05, 4.69) is 41.5 Å². The SMILES string of the molecule is C.C.C1CC2(CO1)CO2.C[C@H](C(CC1(O)CCOC1)S(=O)(=O)c1ccccc1)[C@H]1CC[C@H]2[C@@H]3CC[C@H]4C[C@@](C)(O)CC[C@]4(C)[C@H]3CC[C@]12C.C[C@H](CS(=O)(=O)c1ccccc1)[C@H]1CC[C@H]2[C@@H]3CC[C@H]4C[C@@](C)(O)CC[C@]4(C)[C@H]3CC[C@]12C. The maximum Gasteiger partial charge on any atom is 0.181 e. The van der Waals surface area contributed by atoms with Crippen molar-refractivity contribution in [1.29, 1.82) is 0 Å². The van der Waals surface area contributed by atoms with Crippen LogP contribution >= 0.6 is 0 Å². The molecule has 464 valence electrons. The summed E-state index contributed by atoms with van der Waals surface area (Å²) in [6, 6.07) is 17.9. The highest BCUT2D eigenvalue weighted by Crippen LogP contribution is 2.71. The minimum absolute atomic E-state index is 0. The fourth-order valence-electron chi connectivity index (χ4n) is 21.6. The molecule has 11 fully saturated rings. The first kappa shape index (κ1) is 64.6. The summed E-state index contributed by atoms with van der Waals surface area (Å²) in [6.45, 7) is 21.9. The maximum atomic E-state index is 14.2. The summed E-state index contributed by atoms with van der Waals surface area (Å²) in [5.41, 5.74) is -0.736. The summed E-state index contributed by atoms with van der Waals surface area (Å²) in [4.78, 5) is 0.844. The molecule has 1 spiro atoms. The van der Waals surface area contributed by atoms with E-state index in [9.17, 15) is 32.2 Å². The van der Waals surface area contributed by atoms with E-state index in [0.717, 1.165) is 94.9 Å². The van der Waals surface area contributed by atoms with Gasteiger partial charge in [-0.05, 0) is 253 Å². The average Bonchev–Trinajstić information content (AvgIpc) is 1.84. The summed E-state index contributed by atoms with van der Waals surface area (Å²) in [5, 5.41) is 32.3. The van der Waals surface area contributed by atoms with Crippen molar-refractivity contribution in [1.82, 2.24) is 0 Å². The van der Waals surface area contributed by atoms with E-state index in [1.807, 2.05) is 38.1 Å². The molecule has 0 radical (unpaired) electrons. The van der Waals surface area contributed by atoms with Crippen molar-refractivity contribution < 1.29 is 46.4 Å². The second-order valence-corrected chi connectivity index (χ2v) is 35.2. The van der Waals surface area contributed by atoms with E-state index in [1.54, 1.807) is 36.4 Å². The first-order chi connectivity index (χ1) is 37.7. The zero-order valence-electron chi connectivity index (χ0n) is 50.4. The number of hydrogen-bond donors (Lipinski definition) is 3. The van der Waals surface area contributed by atoms with Gasteiger partial charge < -0.3 is 29.5 Å². The maximum absolute atomic E-state index is 14.2. The third-order valence-electron chi connectivity index (χ3n) is 26.3. The van der Waals surface area contributed by atoms with Crippen molar-refractivity contribution in [3.05, 3.63) is 60.7 Å². The predicted octanol–water partition coefficient (Wildman–Crippen LogP) is 14.4. The molecule has 8 saturated carbocycles. The molecule has 82 heavy (non-hydrogen) atoms. The first-order valence-electron chi connectivity index (χ1n) is 32.2. The molecule has 8 aliphatic carbocycles. The summed E-state index contributed by atoms with van der Waals surface area (Å²) in [5.74, 6) is 6.90. The molecule has 0 amide bonds. The van der Waals surface area contributed by atoms with Crippen LogP contribution in [0.25, 0.3) is 0 Å². The first-order valence-corrected chi connectivity index (χ1v) is 35.4. The molecule has 2 aromatic rings. The van der Waals surface area contributed by atoms with Gasteiger partial charge in [-0.1, -0.05) is 92.8 Å². The Morgan fingerprint density at radius 2 is 0.976 bits per heavy atom. The zero-order valence-corrected chi connectivity index (χ0v) is 52.0. The minimum Gasteiger partial charge on any atom is -0.390 e. The number of hydrogen-bond acceptors (Lipinski definition) is 10. The van der Waals surface area contributed by atoms with Crippen molar-refractivity contribution in [2.24, 2.45) is 92.7 Å². The van der Waals surface area contributed by atoms with Crippen LogP contribution in [-0.4, -0.2) is 98.6 Å². The molecule has 21 atom stereocenters. The Hall–Kier alpha value is -1.90. The topological polar surface area (TPSA) is 160 Å². The summed E-state index contributed by atoms with van der Waals surface area (Å²) in [7, 11) is -6.87. The highest BCUT2D eigenvalue weighted by Gasteiger charge is 2.64. The molecule has 3 saturated heterocycles. The van der Waals surface area contributed by atoms with Crippen LogP contribution in [0.5, 0.6) is 0 Å². The van der Waals surface area contributed by atoms with Crippen LogP contribution in [-0.2, 0) is 33.9 Å². The molecule has 0 bridgehead atoms. The van der Waals surface area contributed by atoms with Crippen molar-refractivity contribution in [3.8, 4) is 0 Å². The van der Waals surface area contributed by atoms with Crippen LogP contribution < -0.4 is 0 Å². The van der Waals surface area contributed by atoms with Gasteiger partial charge in [0, 0.05) is 26.1 Å². The lowest BCUT2D eigenvalue weighted by Crippen LogP contribution is -2.56. The molecule has 0 aromatic heterocycles. The Labute approximate surface area is 498 Å². The molecule has 3 N–H and O–H groups in total. The van der Waals surface area contributed by atoms with E-state index >= 15 is 0 Å². The molecule has 3 aliphatic heterocycles. The van der Waals surface area contributed by atoms with Crippen LogP contribution in [0.2, 0.25) is 0 Å². The number of fused-ring (bicyclic) bond motifs is 10. The highest BCUT2D eigenvalue weighted by molar-refractivity contribution is 7.92. The summed E-state index contributed by atoms with van der Waals surface area (Å²) >= 11 is 0. The zero-order chi connectivity index (χ0) is 56.9. The quantitative estimate of drug-likeness (QED) is 0.195. The van der Waals surface area contributed by atoms with Crippen LogP contribution in [0.1, 0.15) is 205 Å². The van der Waals surface area contributed by atoms with Crippen LogP contribution in [0.4, 0.5) is 0 Å². The van der Waals surface area contributed by atoms with E-state index in [-0.39, 0.29) is 61.9 Å². The second-order valence-electron chi connectivity index (χ2n) is 31.0. The molecule has 3 unspecified atom stereocenters. The standard InChI is InChI=1S/C34H52O5S.C29H44O3S.C5H8O2.2CH4/c1-23(30(21-34(36)18-19-39-22-34)40(37,38)25-8-6-5-7-9-25)27-12-13-28-26-11-10-24-20-31(2,35)16-17-32(24,3)29(26)14-15-33(27,28)4;1-20(19-33(31,32)22-8-6-5-7-9-22)24-12-13-25-23-11-10-21-18-27(2,30)16-17-28(21,3)26(23)14-15-29(24,25)4;1-2-6-3-5(1)4-7-5;;/h5-9,23-24,26-30,35-36H,10-22H2,1-4H3;5-9,20-21,23-26,30H,10-19H2,1-4H3;1-4H2;2*1H4/t23-,24-,26-,27+,28-,29-,30?,31-,32-,33+,34?;20-,21+,23+,24-,25+,26+,27+,28+,29-;;;/m01.../s1. The fraction of sp³-hybridized carbons (Fsp3) is 0.829. The Balaban J connectivity index is 0.000000174. The normalized spacial score (nSPS) is 45.5. The Bertz CT molecular complexity index is 2700. The number of aliphatic hydroxyl groups is 3. The smallest absolute Gasteiger partial charge is 0.181 e. The monoisotopic (exact) mass is 1180 g/mol. The molecule has 3 heterocycles. The number of sulfone groups is 2. The molecular formula is C70H112O10S2. The second kappa shape index (κ2) is 23.6. The van der Waals surface area contributed by atoms with E-state index in [1.165, 1.54) is 70.6 Å². The van der Waals surface area contributed by atoms with Gasteiger partial charge in [0.05, 0.1) is 57.4 Å². The van der Waals surface area contributed by atoms with E-state index in [4.69, 9.17) is 14.2 Å². The molecule has 12 heteroatoms. The van der Waals surface area contributed by atoms with Crippen molar-refractivity contribution in [2.75, 3.05) is 38.8 Å². The Morgan fingerprint density at radius 3 is 1.44 bits per heavy atom. The fourth-order valence-corrected chi connectivity index (χ4v) is 25.5. The molecule has 2 aromatic carbocycles. The van der Waals surface area contributed by atoms with Gasteiger partial charge in [-0.3, -0.25) is 0 Å². The number of epoxide rings is 1. The number of ether oxygens (including phenoxy) is 3. The van der Waals surface area contributed by atoms with E-state index in [0.29, 0.717) is 69.2 Å². The van der Waals surface area contributed by atoms with Gasteiger partial charge in [0.2, 0.25) is 0 Å². The number of rotatable bonds is 10. The lowest BCUT2D eigenvalue weighted by molar-refractivity contribution is -0.148. The lowest BCUT2D eigenvalue weighted by atomic mass is 9.43. The molecule has 10 nitrogen and oxygen atoms in total. The van der Waals surface area contributed by atoms with E-state index < -0.39 is 41.7 Å². The summed E-state index contributed by atoms with van der Waals surface area (Å²) in [6.07, 6.45) is 22.7. The van der Waals surface area contributed by atoms with Crippen molar-refractivity contribution in [2.45, 2.75) is 243 Å². The predicted molar refractivity (Wildman–Crippen MR) is 329 cm³/mol. The lowest BCUT2D eigenvalue weighted by Gasteiger charge is -2.62. The van der Waals surface area contributed by atoms with Crippen molar-refractivity contribution >= 4 is 19.7 Å². The Morgan fingerprint density at radius 1 is 0.512 bits per heavy atom. The van der Waals surface area contributed by atoms with Gasteiger partial charge in [-0.25, -0.2) is 16.8 Å². The van der Waals surface area contributed by atoms with Gasteiger partial charge in [0.15, 0.2) is 19.7 Å². The minimum atomic E-state index is -3.63. The van der Waals surface area contributed by atoms with Gasteiger partial charge in [0.1, 0.15) is 5.60 Å². The van der Waals surface area contributed by atoms with Gasteiger partial charge in [0.25, 0.3) is 0 Å². The van der Waals surface area contributed by atoms with Gasteiger partial charge >= 0.3 is 0 Å². The van der Waals surface area contributed by atoms with Crippen LogP contribution in [0.3, 0.4) is 0 Å². The Kier molecular flexibility index (Phi) is 18.6. The average molecular weight is 1180 g/mol. The third kappa shape index (κ3) is 12.0. The van der Waals surface area contributed by atoms with Gasteiger partial charge in [-0.15, -0.1) is 0 Å². The third-order valence-corrected chi connectivity index (χ3v) is 30.6. The molecule has 11 aliphatic rings. The van der Waals surface area contributed by atoms with Crippen LogP contribution in [0.15, 0.2) is 70.5 Å². The molecule has 13 rings (SSSR count). The highest BCUT2D eigenvalue weighted by atomic mass is 32.2. The molecular weight excluding hydrogens is 1060 g/mol. The largest absolute Gasteiger partial charge is 0.390 e. The number of benzene rings is 2.